The van der Waals surface area contributed by atoms with Crippen molar-refractivity contribution in [1.82, 2.24) is 15.3 Å². The molecule has 1 aromatic heterocycles. The SMILES string of the molecule is CC(COc1ccccc1F)NC(=O)c1nc(N2CCCC2)ncc1Cl. The molecule has 1 N–H and O–H groups in total. The van der Waals surface area contributed by atoms with Crippen LogP contribution in [0, 0.1) is 5.82 Å². The summed E-state index contributed by atoms with van der Waals surface area (Å²) < 4.78 is 19.0. The summed E-state index contributed by atoms with van der Waals surface area (Å²) in [5.41, 5.74) is 0.126. The van der Waals surface area contributed by atoms with Crippen LogP contribution in [0.2, 0.25) is 5.02 Å². The Balaban J connectivity index is 1.61. The smallest absolute Gasteiger partial charge is 0.271 e. The van der Waals surface area contributed by atoms with E-state index >= 15 is 0 Å². The standard InChI is InChI=1S/C18H20ClFN4O2/c1-12(11-26-15-7-3-2-6-14(15)20)22-17(25)16-13(19)10-21-18(23-16)24-8-4-5-9-24/h2-3,6-7,10,12H,4-5,8-9,11H2,1H3,(H,22,25). The van der Waals surface area contributed by atoms with Gasteiger partial charge in [0, 0.05) is 13.1 Å². The van der Waals surface area contributed by atoms with Crippen LogP contribution in [-0.4, -0.2) is 41.6 Å². The third-order valence-electron chi connectivity index (χ3n) is 4.04. The molecule has 1 aliphatic rings. The van der Waals surface area contributed by atoms with Gasteiger partial charge in [0.1, 0.15) is 6.61 Å². The van der Waals surface area contributed by atoms with Gasteiger partial charge in [-0.05, 0) is 31.9 Å². The maximum Gasteiger partial charge on any atom is 0.271 e. The summed E-state index contributed by atoms with van der Waals surface area (Å²) in [6, 6.07) is 5.76. The lowest BCUT2D eigenvalue weighted by Crippen LogP contribution is -2.37. The average molecular weight is 379 g/mol. The van der Waals surface area contributed by atoms with Gasteiger partial charge in [-0.25, -0.2) is 14.4 Å². The van der Waals surface area contributed by atoms with E-state index in [9.17, 15) is 9.18 Å². The molecule has 0 radical (unpaired) electrons. The lowest BCUT2D eigenvalue weighted by Gasteiger charge is -2.18. The third kappa shape index (κ3) is 4.40. The van der Waals surface area contributed by atoms with Crippen molar-refractivity contribution >= 4 is 23.5 Å². The van der Waals surface area contributed by atoms with Gasteiger partial charge in [-0.1, -0.05) is 23.7 Å². The highest BCUT2D eigenvalue weighted by atomic mass is 35.5. The number of anilines is 1. The lowest BCUT2D eigenvalue weighted by molar-refractivity contribution is 0.0921. The van der Waals surface area contributed by atoms with Crippen LogP contribution in [-0.2, 0) is 0 Å². The van der Waals surface area contributed by atoms with E-state index in [1.165, 1.54) is 18.3 Å². The fraction of sp³-hybridized carbons (Fsp3) is 0.389. The van der Waals surface area contributed by atoms with Gasteiger partial charge in [0.15, 0.2) is 17.3 Å². The van der Waals surface area contributed by atoms with E-state index in [1.54, 1.807) is 19.1 Å². The highest BCUT2D eigenvalue weighted by molar-refractivity contribution is 6.33. The molecule has 6 nitrogen and oxygen atoms in total. The Morgan fingerprint density at radius 2 is 2.12 bits per heavy atom. The molecular formula is C18H20ClFN4O2. The lowest BCUT2D eigenvalue weighted by atomic mass is 10.3. The van der Waals surface area contributed by atoms with E-state index in [2.05, 4.69) is 15.3 Å². The van der Waals surface area contributed by atoms with Crippen molar-refractivity contribution in [2.24, 2.45) is 0 Å². The highest BCUT2D eigenvalue weighted by Crippen LogP contribution is 2.20. The fourth-order valence-electron chi connectivity index (χ4n) is 2.70. The monoisotopic (exact) mass is 378 g/mol. The second-order valence-corrected chi connectivity index (χ2v) is 6.58. The molecule has 0 aliphatic carbocycles. The highest BCUT2D eigenvalue weighted by Gasteiger charge is 2.20. The molecule has 1 amide bonds. The second-order valence-electron chi connectivity index (χ2n) is 6.18. The summed E-state index contributed by atoms with van der Waals surface area (Å²) in [6.45, 7) is 3.62. The average Bonchev–Trinajstić information content (AvgIpc) is 3.16. The predicted molar refractivity (Wildman–Crippen MR) is 97.3 cm³/mol. The maximum atomic E-state index is 13.6. The number of amides is 1. The van der Waals surface area contributed by atoms with Crippen molar-refractivity contribution in [2.75, 3.05) is 24.6 Å². The van der Waals surface area contributed by atoms with E-state index in [-0.39, 0.29) is 29.1 Å². The molecule has 138 valence electrons. The number of hydrogen-bond acceptors (Lipinski definition) is 5. The summed E-state index contributed by atoms with van der Waals surface area (Å²) in [5, 5.41) is 2.95. The number of para-hydroxylation sites is 1. The number of nitrogens with one attached hydrogen (secondary N) is 1. The summed E-state index contributed by atoms with van der Waals surface area (Å²) in [6.07, 6.45) is 3.60. The zero-order valence-electron chi connectivity index (χ0n) is 14.4. The van der Waals surface area contributed by atoms with Crippen molar-refractivity contribution in [2.45, 2.75) is 25.8 Å². The molecule has 8 heteroatoms. The number of benzene rings is 1. The normalized spacial score (nSPS) is 15.0. The van der Waals surface area contributed by atoms with E-state index in [0.29, 0.717) is 5.95 Å². The van der Waals surface area contributed by atoms with E-state index in [1.807, 2.05) is 4.90 Å². The van der Waals surface area contributed by atoms with Crippen molar-refractivity contribution in [1.29, 1.82) is 0 Å². The molecule has 1 saturated heterocycles. The van der Waals surface area contributed by atoms with Gasteiger partial charge in [-0.15, -0.1) is 0 Å². The van der Waals surface area contributed by atoms with Gasteiger partial charge in [-0.2, -0.15) is 0 Å². The van der Waals surface area contributed by atoms with Gasteiger partial charge >= 0.3 is 0 Å². The number of nitrogens with zero attached hydrogens (tertiary/aromatic N) is 3. The van der Waals surface area contributed by atoms with Gasteiger partial charge in [0.25, 0.3) is 5.91 Å². The van der Waals surface area contributed by atoms with Crippen molar-refractivity contribution < 1.29 is 13.9 Å². The van der Waals surface area contributed by atoms with Crippen LogP contribution in [0.5, 0.6) is 5.75 Å². The number of carbonyl (C=O) groups is 1. The van der Waals surface area contributed by atoms with Crippen LogP contribution in [0.15, 0.2) is 30.5 Å². The van der Waals surface area contributed by atoms with Crippen LogP contribution in [0.3, 0.4) is 0 Å². The summed E-state index contributed by atoms with van der Waals surface area (Å²) >= 11 is 6.09. The maximum absolute atomic E-state index is 13.6. The first-order chi connectivity index (χ1) is 12.5. The van der Waals surface area contributed by atoms with Gasteiger partial charge in [0.2, 0.25) is 5.95 Å². The number of ether oxygens (including phenoxy) is 1. The van der Waals surface area contributed by atoms with Gasteiger partial charge in [-0.3, -0.25) is 4.79 Å². The minimum atomic E-state index is -0.444. The quantitative estimate of drug-likeness (QED) is 0.836. The molecule has 0 bridgehead atoms. The summed E-state index contributed by atoms with van der Waals surface area (Å²) in [5.74, 6) is -0.208. The Morgan fingerprint density at radius 3 is 2.85 bits per heavy atom. The second kappa shape index (κ2) is 8.31. The zero-order valence-corrected chi connectivity index (χ0v) is 15.2. The first-order valence-corrected chi connectivity index (χ1v) is 8.88. The van der Waals surface area contributed by atoms with Gasteiger partial charge in [0.05, 0.1) is 17.3 Å². The molecule has 0 saturated carbocycles. The van der Waals surface area contributed by atoms with Crippen LogP contribution in [0.25, 0.3) is 0 Å². The molecular weight excluding hydrogens is 359 g/mol. The Morgan fingerprint density at radius 1 is 1.38 bits per heavy atom. The van der Waals surface area contributed by atoms with Crippen LogP contribution >= 0.6 is 11.6 Å². The molecule has 1 unspecified atom stereocenters. The van der Waals surface area contributed by atoms with E-state index in [4.69, 9.17) is 16.3 Å². The Labute approximate surface area is 156 Å². The molecule has 1 aliphatic heterocycles. The van der Waals surface area contributed by atoms with Crippen LogP contribution < -0.4 is 15.0 Å². The van der Waals surface area contributed by atoms with Gasteiger partial charge < -0.3 is 15.0 Å². The van der Waals surface area contributed by atoms with Crippen molar-refractivity contribution in [3.63, 3.8) is 0 Å². The number of carbonyl (C=O) groups excluding carboxylic acids is 1. The summed E-state index contributed by atoms with van der Waals surface area (Å²) in [4.78, 5) is 23.0. The molecule has 1 aromatic carbocycles. The molecule has 1 fully saturated rings. The van der Waals surface area contributed by atoms with E-state index in [0.717, 1.165) is 25.9 Å². The molecule has 0 spiro atoms. The first-order valence-electron chi connectivity index (χ1n) is 8.50. The molecule has 3 rings (SSSR count). The van der Waals surface area contributed by atoms with Crippen molar-refractivity contribution in [3.8, 4) is 5.75 Å². The number of rotatable bonds is 6. The third-order valence-corrected chi connectivity index (χ3v) is 4.31. The van der Waals surface area contributed by atoms with Crippen LogP contribution in [0.4, 0.5) is 10.3 Å². The fourth-order valence-corrected chi connectivity index (χ4v) is 2.87. The number of halogens is 2. The zero-order chi connectivity index (χ0) is 18.5. The Hall–Kier alpha value is -2.41. The molecule has 1 atom stereocenters. The van der Waals surface area contributed by atoms with E-state index < -0.39 is 11.7 Å². The molecule has 2 aromatic rings. The number of hydrogen-bond donors (Lipinski definition) is 1. The minimum absolute atomic E-state index is 0.119. The van der Waals surface area contributed by atoms with Crippen molar-refractivity contribution in [3.05, 3.63) is 47.0 Å². The minimum Gasteiger partial charge on any atom is -0.488 e. The topological polar surface area (TPSA) is 67.3 Å². The first kappa shape index (κ1) is 18.4. The predicted octanol–water partition coefficient (Wildman–Crippen LogP) is 3.07. The number of aromatic nitrogens is 2. The Kier molecular flexibility index (Phi) is 5.88. The Bertz CT molecular complexity index is 784. The largest absolute Gasteiger partial charge is 0.488 e. The summed E-state index contributed by atoms with van der Waals surface area (Å²) in [7, 11) is 0. The molecule has 26 heavy (non-hydrogen) atoms. The molecule has 2 heterocycles. The van der Waals surface area contributed by atoms with Crippen LogP contribution in [0.1, 0.15) is 30.3 Å².